The van der Waals surface area contributed by atoms with Crippen LogP contribution in [0.25, 0.3) is 11.0 Å². The molecule has 8 heteroatoms. The van der Waals surface area contributed by atoms with Crippen molar-refractivity contribution in [2.24, 2.45) is 5.10 Å². The van der Waals surface area contributed by atoms with E-state index in [2.05, 4.69) is 28.4 Å². The van der Waals surface area contributed by atoms with Crippen LogP contribution in [0, 0.1) is 17.0 Å². The molecule has 0 unspecified atom stereocenters. The van der Waals surface area contributed by atoms with Crippen LogP contribution >= 0.6 is 0 Å². The fraction of sp³-hybridized carbons (Fsp3) is 0.238. The van der Waals surface area contributed by atoms with Gasteiger partial charge in [0, 0.05) is 36.3 Å². The number of carbonyl (C=O) groups is 1. The van der Waals surface area contributed by atoms with Crippen molar-refractivity contribution in [3.63, 3.8) is 0 Å². The van der Waals surface area contributed by atoms with Crippen LogP contribution in [0.3, 0.4) is 0 Å². The van der Waals surface area contributed by atoms with Crippen molar-refractivity contribution < 1.29 is 14.1 Å². The Kier molecular flexibility index (Phi) is 4.99. The number of anilines is 1. The third kappa shape index (κ3) is 3.96. The summed E-state index contributed by atoms with van der Waals surface area (Å²) >= 11 is 0. The first-order valence-corrected chi connectivity index (χ1v) is 9.38. The summed E-state index contributed by atoms with van der Waals surface area (Å²) in [6.07, 6.45) is 4.03. The van der Waals surface area contributed by atoms with Gasteiger partial charge in [-0.05, 0) is 55.2 Å². The van der Waals surface area contributed by atoms with Gasteiger partial charge in [0.25, 0.3) is 5.69 Å². The van der Waals surface area contributed by atoms with Crippen molar-refractivity contribution in [2.75, 3.05) is 18.0 Å². The fourth-order valence-electron chi connectivity index (χ4n) is 3.55. The van der Waals surface area contributed by atoms with Gasteiger partial charge < -0.3 is 9.32 Å². The topological polar surface area (TPSA) is 101 Å². The predicted octanol–water partition coefficient (Wildman–Crippen LogP) is 4.01. The molecule has 0 aliphatic carbocycles. The number of hydrogen-bond acceptors (Lipinski definition) is 6. The Labute approximate surface area is 167 Å². The quantitative estimate of drug-likeness (QED) is 0.402. The Morgan fingerprint density at radius 3 is 2.72 bits per heavy atom. The molecule has 0 bridgehead atoms. The van der Waals surface area contributed by atoms with Gasteiger partial charge in [0.1, 0.15) is 5.58 Å². The van der Waals surface area contributed by atoms with Gasteiger partial charge in [0.2, 0.25) is 0 Å². The van der Waals surface area contributed by atoms with Gasteiger partial charge in [-0.3, -0.25) is 14.9 Å². The molecule has 0 saturated carbocycles. The molecule has 1 saturated heterocycles. The second-order valence-corrected chi connectivity index (χ2v) is 7.03. The van der Waals surface area contributed by atoms with Crippen LogP contribution in [0.4, 0.5) is 11.4 Å². The molecule has 2 aromatic carbocycles. The minimum Gasteiger partial charge on any atom is -0.451 e. The fourth-order valence-corrected chi connectivity index (χ4v) is 3.55. The number of non-ortho nitro benzene ring substituents is 1. The lowest BCUT2D eigenvalue weighted by Gasteiger charge is -2.20. The maximum Gasteiger partial charge on any atom is 0.307 e. The number of furan rings is 1. The highest BCUT2D eigenvalue weighted by Crippen LogP contribution is 2.25. The van der Waals surface area contributed by atoms with Gasteiger partial charge in [-0.25, -0.2) is 5.43 Å². The van der Waals surface area contributed by atoms with Crippen molar-refractivity contribution in [1.82, 2.24) is 5.43 Å². The zero-order valence-corrected chi connectivity index (χ0v) is 15.9. The van der Waals surface area contributed by atoms with Crippen LogP contribution in [0.2, 0.25) is 0 Å². The molecule has 0 radical (unpaired) electrons. The molecule has 8 nitrogen and oxygen atoms in total. The SMILES string of the molecule is Cc1cc(/C=N\NC(=O)c2cc3cc([N+](=O)[O-])ccc3o2)ccc1N1CCCC1. The number of nitrogens with zero attached hydrogens (tertiary/aromatic N) is 3. The molecule has 0 atom stereocenters. The number of carbonyl (C=O) groups excluding carboxylic acids is 1. The molecule has 2 heterocycles. The Morgan fingerprint density at radius 1 is 1.21 bits per heavy atom. The lowest BCUT2D eigenvalue weighted by Crippen LogP contribution is -2.18. The Hall–Kier alpha value is -3.68. The molecule has 4 rings (SSSR count). The smallest absolute Gasteiger partial charge is 0.307 e. The summed E-state index contributed by atoms with van der Waals surface area (Å²) in [6.45, 7) is 4.24. The van der Waals surface area contributed by atoms with Crippen LogP contribution < -0.4 is 10.3 Å². The number of nitrogens with one attached hydrogen (secondary N) is 1. The normalized spacial score (nSPS) is 14.0. The van der Waals surface area contributed by atoms with Crippen molar-refractivity contribution in [2.45, 2.75) is 19.8 Å². The molecule has 1 aromatic heterocycles. The molecular weight excluding hydrogens is 372 g/mol. The van der Waals surface area contributed by atoms with E-state index < -0.39 is 10.8 Å². The average molecular weight is 392 g/mol. The second-order valence-electron chi connectivity index (χ2n) is 7.03. The number of amides is 1. The highest BCUT2D eigenvalue weighted by atomic mass is 16.6. The maximum absolute atomic E-state index is 12.3. The molecule has 1 aliphatic rings. The summed E-state index contributed by atoms with van der Waals surface area (Å²) in [4.78, 5) is 25.0. The number of rotatable bonds is 5. The summed E-state index contributed by atoms with van der Waals surface area (Å²) in [5, 5.41) is 15.3. The van der Waals surface area contributed by atoms with E-state index in [1.807, 2.05) is 12.1 Å². The first kappa shape index (κ1) is 18.7. The van der Waals surface area contributed by atoms with E-state index in [0.29, 0.717) is 11.0 Å². The second kappa shape index (κ2) is 7.75. The highest BCUT2D eigenvalue weighted by Gasteiger charge is 2.15. The molecule has 0 spiro atoms. The van der Waals surface area contributed by atoms with E-state index in [-0.39, 0.29) is 11.4 Å². The van der Waals surface area contributed by atoms with Crippen molar-refractivity contribution in [1.29, 1.82) is 0 Å². The number of benzene rings is 2. The summed E-state index contributed by atoms with van der Waals surface area (Å²) in [6, 6.07) is 11.7. The molecule has 1 aliphatic heterocycles. The summed E-state index contributed by atoms with van der Waals surface area (Å²) < 4.78 is 5.45. The zero-order chi connectivity index (χ0) is 20.4. The minimum absolute atomic E-state index is 0.0400. The number of fused-ring (bicyclic) bond motifs is 1. The van der Waals surface area contributed by atoms with E-state index in [9.17, 15) is 14.9 Å². The van der Waals surface area contributed by atoms with Crippen molar-refractivity contribution in [3.8, 4) is 0 Å². The summed E-state index contributed by atoms with van der Waals surface area (Å²) in [5.74, 6) is -0.483. The van der Waals surface area contributed by atoms with Crippen LogP contribution in [0.1, 0.15) is 34.5 Å². The van der Waals surface area contributed by atoms with Gasteiger partial charge in [-0.1, -0.05) is 6.07 Å². The Bertz CT molecular complexity index is 1110. The molecule has 1 fully saturated rings. The average Bonchev–Trinajstić information content (AvgIpc) is 3.37. The lowest BCUT2D eigenvalue weighted by molar-refractivity contribution is -0.384. The van der Waals surface area contributed by atoms with E-state index in [4.69, 9.17) is 4.42 Å². The summed E-state index contributed by atoms with van der Waals surface area (Å²) in [7, 11) is 0. The third-order valence-electron chi connectivity index (χ3n) is 4.98. The predicted molar refractivity (Wildman–Crippen MR) is 111 cm³/mol. The van der Waals surface area contributed by atoms with E-state index >= 15 is 0 Å². The lowest BCUT2D eigenvalue weighted by atomic mass is 10.1. The van der Waals surface area contributed by atoms with Crippen LogP contribution in [0.15, 0.2) is 52.0 Å². The monoisotopic (exact) mass is 392 g/mol. The molecule has 1 N–H and O–H groups in total. The first-order valence-electron chi connectivity index (χ1n) is 9.38. The van der Waals surface area contributed by atoms with Crippen LogP contribution in [0.5, 0.6) is 0 Å². The number of nitro groups is 1. The third-order valence-corrected chi connectivity index (χ3v) is 4.98. The summed E-state index contributed by atoms with van der Waals surface area (Å²) in [5.41, 5.74) is 6.05. The van der Waals surface area contributed by atoms with Gasteiger partial charge in [0.15, 0.2) is 5.76 Å². The molecule has 1 amide bonds. The first-order chi connectivity index (χ1) is 14.0. The Morgan fingerprint density at radius 2 is 2.00 bits per heavy atom. The van der Waals surface area contributed by atoms with Crippen LogP contribution in [-0.2, 0) is 0 Å². The molecular formula is C21H20N4O4. The van der Waals surface area contributed by atoms with Gasteiger partial charge >= 0.3 is 5.91 Å². The largest absolute Gasteiger partial charge is 0.451 e. The van der Waals surface area contributed by atoms with Gasteiger partial charge in [-0.15, -0.1) is 0 Å². The number of hydrazone groups is 1. The number of aryl methyl sites for hydroxylation is 1. The maximum atomic E-state index is 12.3. The standard InChI is InChI=1S/C21H20N4O4/c1-14-10-15(4-6-18(14)24-8-2-3-9-24)13-22-23-21(26)20-12-16-11-17(25(27)28)5-7-19(16)29-20/h4-7,10-13H,2-3,8-9H2,1H3,(H,23,26)/b22-13-. The molecule has 148 valence electrons. The number of hydrogen-bond donors (Lipinski definition) is 1. The van der Waals surface area contributed by atoms with Crippen LogP contribution in [-0.4, -0.2) is 30.1 Å². The van der Waals surface area contributed by atoms with Crippen molar-refractivity contribution in [3.05, 3.63) is 69.5 Å². The Balaban J connectivity index is 1.43. The minimum atomic E-state index is -0.523. The zero-order valence-electron chi connectivity index (χ0n) is 15.9. The van der Waals surface area contributed by atoms with E-state index in [1.54, 1.807) is 6.21 Å². The van der Waals surface area contributed by atoms with E-state index in [1.165, 1.54) is 48.4 Å². The molecule has 3 aromatic rings. The highest BCUT2D eigenvalue weighted by molar-refractivity contribution is 5.97. The van der Waals surface area contributed by atoms with Gasteiger partial charge in [-0.2, -0.15) is 5.10 Å². The van der Waals surface area contributed by atoms with E-state index in [0.717, 1.165) is 18.7 Å². The molecule has 29 heavy (non-hydrogen) atoms. The number of nitro benzene ring substituents is 1. The van der Waals surface area contributed by atoms with Gasteiger partial charge in [0.05, 0.1) is 11.1 Å². The van der Waals surface area contributed by atoms with Crippen molar-refractivity contribution >= 4 is 34.5 Å².